The Morgan fingerprint density at radius 2 is 1.91 bits per heavy atom. The summed E-state index contributed by atoms with van der Waals surface area (Å²) >= 11 is 0. The van der Waals surface area contributed by atoms with Gasteiger partial charge in [-0.05, 0) is 25.0 Å². The number of amides is 1. The summed E-state index contributed by atoms with van der Waals surface area (Å²) in [4.78, 5) is 25.7. The van der Waals surface area contributed by atoms with Gasteiger partial charge in [-0.1, -0.05) is 0 Å². The first kappa shape index (κ1) is 14.2. The van der Waals surface area contributed by atoms with E-state index in [-0.39, 0.29) is 5.91 Å². The lowest BCUT2D eigenvalue weighted by atomic mass is 10.2. The maximum atomic E-state index is 12.5. The van der Waals surface area contributed by atoms with Crippen molar-refractivity contribution in [3.63, 3.8) is 0 Å². The van der Waals surface area contributed by atoms with Gasteiger partial charge in [0.1, 0.15) is 17.3 Å². The minimum absolute atomic E-state index is 0.0472. The highest BCUT2D eigenvalue weighted by atomic mass is 16.2. The quantitative estimate of drug-likeness (QED) is 0.847. The summed E-state index contributed by atoms with van der Waals surface area (Å²) in [5.41, 5.74) is 0.636. The summed E-state index contributed by atoms with van der Waals surface area (Å²) in [5, 5.41) is 4.07. The summed E-state index contributed by atoms with van der Waals surface area (Å²) in [5.74, 6) is 2.55. The molecule has 0 unspecified atom stereocenters. The van der Waals surface area contributed by atoms with E-state index in [9.17, 15) is 4.79 Å². The van der Waals surface area contributed by atoms with Gasteiger partial charge in [-0.15, -0.1) is 0 Å². The molecule has 1 aliphatic heterocycles. The van der Waals surface area contributed by atoms with Gasteiger partial charge in [0.2, 0.25) is 0 Å². The molecule has 1 saturated carbocycles. The van der Waals surface area contributed by atoms with Gasteiger partial charge in [0.15, 0.2) is 0 Å². The van der Waals surface area contributed by atoms with Crippen LogP contribution in [-0.2, 0) is 7.05 Å². The summed E-state index contributed by atoms with van der Waals surface area (Å²) in [6.07, 6.45) is 5.92. The molecular weight excluding hydrogens is 292 g/mol. The first-order valence-corrected chi connectivity index (χ1v) is 8.07. The van der Waals surface area contributed by atoms with Crippen LogP contribution in [0.5, 0.6) is 0 Å². The van der Waals surface area contributed by atoms with E-state index in [1.807, 2.05) is 17.2 Å². The van der Waals surface area contributed by atoms with Gasteiger partial charge < -0.3 is 9.80 Å². The van der Waals surface area contributed by atoms with Gasteiger partial charge in [0.05, 0.1) is 0 Å². The molecule has 0 aromatic carbocycles. The fourth-order valence-electron chi connectivity index (χ4n) is 2.96. The van der Waals surface area contributed by atoms with Crippen LogP contribution in [0.25, 0.3) is 0 Å². The third-order valence-corrected chi connectivity index (χ3v) is 4.53. The van der Waals surface area contributed by atoms with Crippen LogP contribution in [-0.4, -0.2) is 56.7 Å². The molecule has 1 aliphatic carbocycles. The molecule has 4 rings (SSSR count). The molecule has 0 bridgehead atoms. The maximum Gasteiger partial charge on any atom is 0.272 e. The highest BCUT2D eigenvalue weighted by Crippen LogP contribution is 2.38. The second-order valence-corrected chi connectivity index (χ2v) is 6.17. The topological polar surface area (TPSA) is 67.2 Å². The van der Waals surface area contributed by atoms with Crippen LogP contribution < -0.4 is 4.90 Å². The molecule has 2 aromatic rings. The number of hydrogen-bond donors (Lipinski definition) is 0. The zero-order valence-electron chi connectivity index (χ0n) is 13.2. The summed E-state index contributed by atoms with van der Waals surface area (Å²) in [6, 6.07) is 3.73. The third kappa shape index (κ3) is 2.78. The van der Waals surface area contributed by atoms with Gasteiger partial charge in [0, 0.05) is 51.5 Å². The number of nitrogens with zero attached hydrogens (tertiary/aromatic N) is 6. The molecule has 0 spiro atoms. The minimum atomic E-state index is 0.0472. The number of aryl methyl sites for hydroxylation is 1. The normalized spacial score (nSPS) is 18.3. The van der Waals surface area contributed by atoms with Crippen molar-refractivity contribution in [1.29, 1.82) is 0 Å². The molecule has 2 fully saturated rings. The lowest BCUT2D eigenvalue weighted by molar-refractivity contribution is 0.0735. The lowest BCUT2D eigenvalue weighted by Crippen LogP contribution is -2.49. The minimum Gasteiger partial charge on any atom is -0.353 e. The van der Waals surface area contributed by atoms with Crippen LogP contribution in [0.1, 0.15) is 35.1 Å². The van der Waals surface area contributed by atoms with E-state index in [0.717, 1.165) is 24.7 Å². The van der Waals surface area contributed by atoms with E-state index >= 15 is 0 Å². The molecule has 7 nitrogen and oxygen atoms in total. The zero-order chi connectivity index (χ0) is 15.8. The Balaban J connectivity index is 1.42. The van der Waals surface area contributed by atoms with E-state index in [4.69, 9.17) is 0 Å². The average molecular weight is 312 g/mol. The molecule has 2 aliphatic rings. The monoisotopic (exact) mass is 312 g/mol. The lowest BCUT2D eigenvalue weighted by Gasteiger charge is -2.35. The van der Waals surface area contributed by atoms with Gasteiger partial charge in [-0.3, -0.25) is 9.48 Å². The second kappa shape index (κ2) is 5.64. The summed E-state index contributed by atoms with van der Waals surface area (Å²) in [6.45, 7) is 3.00. The number of rotatable bonds is 3. The number of carbonyl (C=O) groups is 1. The van der Waals surface area contributed by atoms with E-state index in [1.54, 1.807) is 24.0 Å². The molecule has 23 heavy (non-hydrogen) atoms. The van der Waals surface area contributed by atoms with Crippen LogP contribution in [0, 0.1) is 0 Å². The van der Waals surface area contributed by atoms with Crippen molar-refractivity contribution in [3.05, 3.63) is 36.0 Å². The SMILES string of the molecule is Cn1nccc1C(=O)N1CCN(c2ccnc(C3CC3)n2)CC1. The molecule has 120 valence electrons. The predicted octanol–water partition coefficient (Wildman–Crippen LogP) is 1.05. The summed E-state index contributed by atoms with van der Waals surface area (Å²) < 4.78 is 1.63. The Morgan fingerprint density at radius 3 is 2.57 bits per heavy atom. The molecule has 7 heteroatoms. The molecular formula is C16H20N6O. The van der Waals surface area contributed by atoms with Crippen molar-refractivity contribution < 1.29 is 4.79 Å². The van der Waals surface area contributed by atoms with Crippen LogP contribution >= 0.6 is 0 Å². The Hall–Kier alpha value is -2.44. The number of aromatic nitrogens is 4. The number of carbonyl (C=O) groups excluding carboxylic acids is 1. The third-order valence-electron chi connectivity index (χ3n) is 4.53. The molecule has 0 radical (unpaired) electrons. The van der Waals surface area contributed by atoms with Crippen LogP contribution in [0.4, 0.5) is 5.82 Å². The largest absolute Gasteiger partial charge is 0.353 e. The first-order chi connectivity index (χ1) is 11.2. The number of hydrogen-bond acceptors (Lipinski definition) is 5. The van der Waals surface area contributed by atoms with Gasteiger partial charge in [0.25, 0.3) is 5.91 Å². The fourth-order valence-corrected chi connectivity index (χ4v) is 2.96. The maximum absolute atomic E-state index is 12.5. The van der Waals surface area contributed by atoms with Crippen molar-refractivity contribution in [2.24, 2.45) is 7.05 Å². The van der Waals surface area contributed by atoms with Crippen molar-refractivity contribution in [1.82, 2.24) is 24.6 Å². The molecule has 2 aromatic heterocycles. The Labute approximate surface area is 134 Å². The molecule has 1 saturated heterocycles. The fraction of sp³-hybridized carbons (Fsp3) is 0.500. The zero-order valence-corrected chi connectivity index (χ0v) is 13.2. The number of anilines is 1. The van der Waals surface area contributed by atoms with Gasteiger partial charge >= 0.3 is 0 Å². The van der Waals surface area contributed by atoms with Crippen LogP contribution in [0.3, 0.4) is 0 Å². The predicted molar refractivity (Wildman–Crippen MR) is 85.3 cm³/mol. The second-order valence-electron chi connectivity index (χ2n) is 6.17. The average Bonchev–Trinajstić information content (AvgIpc) is 3.36. The van der Waals surface area contributed by atoms with Crippen LogP contribution in [0.15, 0.2) is 24.5 Å². The van der Waals surface area contributed by atoms with Gasteiger partial charge in [-0.2, -0.15) is 5.10 Å². The van der Waals surface area contributed by atoms with E-state index in [1.165, 1.54) is 12.8 Å². The smallest absolute Gasteiger partial charge is 0.272 e. The Bertz CT molecular complexity index is 715. The Kier molecular flexibility index (Phi) is 3.48. The molecule has 0 atom stereocenters. The van der Waals surface area contributed by atoms with Crippen molar-refractivity contribution in [3.8, 4) is 0 Å². The van der Waals surface area contributed by atoms with Gasteiger partial charge in [-0.25, -0.2) is 9.97 Å². The van der Waals surface area contributed by atoms with Crippen molar-refractivity contribution in [2.45, 2.75) is 18.8 Å². The van der Waals surface area contributed by atoms with Crippen molar-refractivity contribution in [2.75, 3.05) is 31.1 Å². The van der Waals surface area contributed by atoms with E-state index in [2.05, 4.69) is 20.0 Å². The molecule has 1 amide bonds. The summed E-state index contributed by atoms with van der Waals surface area (Å²) in [7, 11) is 1.80. The molecule has 0 N–H and O–H groups in total. The Morgan fingerprint density at radius 1 is 1.13 bits per heavy atom. The van der Waals surface area contributed by atoms with Crippen LogP contribution in [0.2, 0.25) is 0 Å². The highest BCUT2D eigenvalue weighted by Gasteiger charge is 2.28. The highest BCUT2D eigenvalue weighted by molar-refractivity contribution is 5.92. The standard InChI is InChI=1S/C16H20N6O/c1-20-13(4-7-18-20)16(23)22-10-8-21(9-11-22)14-5-6-17-15(19-14)12-2-3-12/h4-7,12H,2-3,8-11H2,1H3. The van der Waals surface area contributed by atoms with E-state index < -0.39 is 0 Å². The number of piperazine rings is 1. The molecule has 3 heterocycles. The first-order valence-electron chi connectivity index (χ1n) is 8.07. The van der Waals surface area contributed by atoms with Crippen molar-refractivity contribution >= 4 is 11.7 Å². The van der Waals surface area contributed by atoms with E-state index in [0.29, 0.717) is 24.7 Å².